The van der Waals surface area contributed by atoms with Crippen LogP contribution in [0, 0.1) is 0 Å². The fraction of sp³-hybridized carbons (Fsp3) is 0.0556. The highest BCUT2D eigenvalue weighted by molar-refractivity contribution is 7.98. The Morgan fingerprint density at radius 2 is 1.67 bits per heavy atom. The predicted octanol–water partition coefficient (Wildman–Crippen LogP) is 4.88. The minimum atomic E-state index is 1.00. The van der Waals surface area contributed by atoms with Crippen LogP contribution >= 0.6 is 11.8 Å². The van der Waals surface area contributed by atoms with Crippen molar-refractivity contribution in [2.45, 2.75) is 4.90 Å². The van der Waals surface area contributed by atoms with Crippen LogP contribution in [0.3, 0.4) is 0 Å². The molecular formula is C18H14N2S. The van der Waals surface area contributed by atoms with Gasteiger partial charge in [-0.05, 0) is 36.1 Å². The molecule has 2 nitrogen and oxygen atoms in total. The number of nitrogens with zero attached hydrogens (tertiary/aromatic N) is 2. The van der Waals surface area contributed by atoms with Crippen molar-refractivity contribution in [1.82, 2.24) is 9.38 Å². The first-order valence-corrected chi connectivity index (χ1v) is 8.10. The molecule has 0 aliphatic rings. The third-order valence-corrected chi connectivity index (χ3v) is 4.39. The molecule has 0 bridgehead atoms. The molecule has 0 atom stereocenters. The van der Waals surface area contributed by atoms with E-state index in [2.05, 4.69) is 65.3 Å². The minimum absolute atomic E-state index is 1.00. The highest BCUT2D eigenvalue weighted by Gasteiger charge is 2.11. The first kappa shape index (κ1) is 12.5. The fourth-order valence-corrected chi connectivity index (χ4v) is 3.15. The third-order valence-electron chi connectivity index (χ3n) is 3.68. The number of para-hydroxylation sites is 2. The van der Waals surface area contributed by atoms with Gasteiger partial charge in [0, 0.05) is 4.90 Å². The Kier molecular flexibility index (Phi) is 2.93. The molecule has 0 aliphatic heterocycles. The zero-order valence-electron chi connectivity index (χ0n) is 11.7. The lowest BCUT2D eigenvalue weighted by Crippen LogP contribution is -1.93. The lowest BCUT2D eigenvalue weighted by molar-refractivity contribution is 1.20. The summed E-state index contributed by atoms with van der Waals surface area (Å²) >= 11 is 1.75. The minimum Gasteiger partial charge on any atom is -0.292 e. The molecule has 0 unspecified atom stereocenters. The van der Waals surface area contributed by atoms with Crippen molar-refractivity contribution in [1.29, 1.82) is 0 Å². The number of thioether (sulfide) groups is 1. The number of hydrogen-bond acceptors (Lipinski definition) is 2. The van der Waals surface area contributed by atoms with Crippen LogP contribution in [-0.4, -0.2) is 15.6 Å². The molecule has 2 aromatic carbocycles. The summed E-state index contributed by atoms with van der Waals surface area (Å²) in [5.41, 5.74) is 5.58. The Bertz CT molecular complexity index is 926. The quantitative estimate of drug-likeness (QED) is 0.490. The van der Waals surface area contributed by atoms with Gasteiger partial charge in [0.15, 0.2) is 0 Å². The maximum atomic E-state index is 4.76. The summed E-state index contributed by atoms with van der Waals surface area (Å²) in [4.78, 5) is 5.99. The number of rotatable bonds is 2. The molecule has 0 N–H and O–H groups in total. The first-order chi connectivity index (χ1) is 10.4. The molecule has 4 aromatic rings. The first-order valence-electron chi connectivity index (χ1n) is 6.87. The average molecular weight is 290 g/mol. The van der Waals surface area contributed by atoms with Crippen molar-refractivity contribution >= 4 is 28.4 Å². The fourth-order valence-electron chi connectivity index (χ4n) is 2.70. The Balaban J connectivity index is 2.16. The number of pyridine rings is 1. The van der Waals surface area contributed by atoms with Gasteiger partial charge in [-0.1, -0.05) is 42.5 Å². The lowest BCUT2D eigenvalue weighted by Gasteiger charge is -2.09. The van der Waals surface area contributed by atoms with E-state index in [0.717, 1.165) is 16.7 Å². The lowest BCUT2D eigenvalue weighted by atomic mass is 10.1. The van der Waals surface area contributed by atoms with Crippen LogP contribution < -0.4 is 0 Å². The molecule has 0 saturated carbocycles. The van der Waals surface area contributed by atoms with Crippen molar-refractivity contribution in [3.8, 4) is 11.3 Å². The van der Waals surface area contributed by atoms with E-state index in [1.807, 2.05) is 12.1 Å². The summed E-state index contributed by atoms with van der Waals surface area (Å²) in [6, 6.07) is 23.2. The van der Waals surface area contributed by atoms with Gasteiger partial charge < -0.3 is 0 Å². The van der Waals surface area contributed by atoms with Crippen LogP contribution in [0.4, 0.5) is 0 Å². The summed E-state index contributed by atoms with van der Waals surface area (Å²) in [7, 11) is 0. The van der Waals surface area contributed by atoms with Crippen molar-refractivity contribution in [2.24, 2.45) is 0 Å². The summed E-state index contributed by atoms with van der Waals surface area (Å²) in [5.74, 6) is 0. The van der Waals surface area contributed by atoms with Crippen LogP contribution in [0.25, 0.3) is 27.9 Å². The smallest absolute Gasteiger partial charge is 0.139 e. The largest absolute Gasteiger partial charge is 0.292 e. The number of fused-ring (bicyclic) bond motifs is 3. The number of aromatic nitrogens is 2. The highest BCUT2D eigenvalue weighted by atomic mass is 32.2. The monoisotopic (exact) mass is 290 g/mol. The third kappa shape index (κ3) is 2.01. The van der Waals surface area contributed by atoms with E-state index < -0.39 is 0 Å². The molecule has 0 aliphatic carbocycles. The zero-order valence-corrected chi connectivity index (χ0v) is 12.5. The van der Waals surface area contributed by atoms with Crippen molar-refractivity contribution in [3.63, 3.8) is 0 Å². The summed E-state index contributed by atoms with van der Waals surface area (Å²) < 4.78 is 2.24. The van der Waals surface area contributed by atoms with Crippen LogP contribution in [0.1, 0.15) is 0 Å². The van der Waals surface area contributed by atoms with Gasteiger partial charge in [0.05, 0.1) is 16.7 Å². The van der Waals surface area contributed by atoms with Crippen LogP contribution in [0.15, 0.2) is 71.6 Å². The molecule has 21 heavy (non-hydrogen) atoms. The molecule has 0 radical (unpaired) electrons. The van der Waals surface area contributed by atoms with Crippen molar-refractivity contribution in [2.75, 3.05) is 6.26 Å². The molecule has 0 fully saturated rings. The van der Waals surface area contributed by atoms with E-state index in [1.165, 1.54) is 16.2 Å². The van der Waals surface area contributed by atoms with E-state index in [0.29, 0.717) is 0 Å². The second kappa shape index (κ2) is 4.93. The topological polar surface area (TPSA) is 17.3 Å². The Hall–Kier alpha value is -2.26. The van der Waals surface area contributed by atoms with Gasteiger partial charge in [0.1, 0.15) is 5.65 Å². The Morgan fingerprint density at radius 1 is 0.905 bits per heavy atom. The number of benzene rings is 2. The standard InChI is InChI=1S/C18H14N2S/c1-21-14-11-17(13-7-3-2-4-8-13)20-16-10-6-5-9-15(16)19-18(20)12-14/h2-12H,1H3. The van der Waals surface area contributed by atoms with Gasteiger partial charge in [0.25, 0.3) is 0 Å². The Labute approximate surface area is 127 Å². The van der Waals surface area contributed by atoms with E-state index in [9.17, 15) is 0 Å². The van der Waals surface area contributed by atoms with Crippen LogP contribution in [0.5, 0.6) is 0 Å². The molecule has 2 aromatic heterocycles. The van der Waals surface area contributed by atoms with Gasteiger partial charge in [-0.3, -0.25) is 4.40 Å². The van der Waals surface area contributed by atoms with Crippen LogP contribution in [0.2, 0.25) is 0 Å². The molecule has 0 spiro atoms. The Morgan fingerprint density at radius 3 is 2.48 bits per heavy atom. The normalized spacial score (nSPS) is 11.3. The van der Waals surface area contributed by atoms with Gasteiger partial charge in [-0.25, -0.2) is 4.98 Å². The molecule has 102 valence electrons. The zero-order chi connectivity index (χ0) is 14.2. The number of imidazole rings is 1. The van der Waals surface area contributed by atoms with Gasteiger partial charge in [-0.2, -0.15) is 0 Å². The molecule has 0 amide bonds. The molecule has 2 heterocycles. The van der Waals surface area contributed by atoms with Crippen molar-refractivity contribution in [3.05, 3.63) is 66.7 Å². The second-order valence-corrected chi connectivity index (χ2v) is 5.82. The molecule has 3 heteroatoms. The van der Waals surface area contributed by atoms with E-state index in [4.69, 9.17) is 4.98 Å². The predicted molar refractivity (Wildman–Crippen MR) is 89.9 cm³/mol. The van der Waals surface area contributed by atoms with Gasteiger partial charge in [-0.15, -0.1) is 11.8 Å². The highest BCUT2D eigenvalue weighted by Crippen LogP contribution is 2.30. The maximum Gasteiger partial charge on any atom is 0.139 e. The second-order valence-electron chi connectivity index (χ2n) is 4.94. The summed E-state index contributed by atoms with van der Waals surface area (Å²) in [6.07, 6.45) is 2.10. The SMILES string of the molecule is CSc1cc(-c2ccccc2)n2c(c1)nc1ccccc12. The van der Waals surface area contributed by atoms with E-state index in [-0.39, 0.29) is 0 Å². The van der Waals surface area contributed by atoms with Gasteiger partial charge >= 0.3 is 0 Å². The van der Waals surface area contributed by atoms with E-state index >= 15 is 0 Å². The van der Waals surface area contributed by atoms with Crippen molar-refractivity contribution < 1.29 is 0 Å². The molecular weight excluding hydrogens is 276 g/mol. The molecule has 0 saturated heterocycles. The van der Waals surface area contributed by atoms with E-state index in [1.54, 1.807) is 11.8 Å². The maximum absolute atomic E-state index is 4.76. The number of hydrogen-bond donors (Lipinski definition) is 0. The summed E-state index contributed by atoms with van der Waals surface area (Å²) in [6.45, 7) is 0. The van der Waals surface area contributed by atoms with Gasteiger partial charge in [0.2, 0.25) is 0 Å². The molecule has 4 rings (SSSR count). The summed E-state index contributed by atoms with van der Waals surface area (Å²) in [5, 5.41) is 0. The average Bonchev–Trinajstić information content (AvgIpc) is 2.93. The van der Waals surface area contributed by atoms with Crippen LogP contribution in [-0.2, 0) is 0 Å².